The van der Waals surface area contributed by atoms with E-state index in [1.807, 2.05) is 68.4 Å². The SMILES string of the molecule is COc1ccc(C2CC(=O)C3=C(C2)Nc2ccccc2NC3c2ccccc2OC(C)C)cc1. The van der Waals surface area contributed by atoms with Crippen molar-refractivity contribution in [2.45, 2.75) is 44.8 Å². The van der Waals surface area contributed by atoms with Crippen molar-refractivity contribution >= 4 is 17.2 Å². The molecule has 0 aromatic heterocycles. The van der Waals surface area contributed by atoms with E-state index in [-0.39, 0.29) is 23.8 Å². The molecule has 0 spiro atoms. The predicted octanol–water partition coefficient (Wildman–Crippen LogP) is 6.46. The van der Waals surface area contributed by atoms with Crippen molar-refractivity contribution < 1.29 is 14.3 Å². The van der Waals surface area contributed by atoms with Gasteiger partial charge in [0.25, 0.3) is 0 Å². The second-order valence-corrected chi connectivity index (χ2v) is 9.15. The summed E-state index contributed by atoms with van der Waals surface area (Å²) in [7, 11) is 1.66. The van der Waals surface area contributed by atoms with E-state index in [1.165, 1.54) is 0 Å². The summed E-state index contributed by atoms with van der Waals surface area (Å²) in [4.78, 5) is 13.8. The van der Waals surface area contributed by atoms with E-state index in [0.717, 1.165) is 51.7 Å². The molecule has 0 saturated carbocycles. The Hall–Kier alpha value is -3.73. The average molecular weight is 455 g/mol. The monoisotopic (exact) mass is 454 g/mol. The molecule has 3 aromatic carbocycles. The highest BCUT2D eigenvalue weighted by Gasteiger charge is 2.37. The molecular weight excluding hydrogens is 424 g/mol. The highest BCUT2D eigenvalue weighted by Crippen LogP contribution is 2.45. The minimum Gasteiger partial charge on any atom is -0.497 e. The van der Waals surface area contributed by atoms with Gasteiger partial charge in [0.05, 0.1) is 30.6 Å². The van der Waals surface area contributed by atoms with Gasteiger partial charge in [-0.05, 0) is 62.1 Å². The fourth-order valence-electron chi connectivity index (χ4n) is 4.92. The summed E-state index contributed by atoms with van der Waals surface area (Å²) in [6.07, 6.45) is 1.26. The Morgan fingerprint density at radius 2 is 1.59 bits per heavy atom. The molecular formula is C29H30N2O3. The quantitative estimate of drug-likeness (QED) is 0.463. The van der Waals surface area contributed by atoms with E-state index in [0.29, 0.717) is 6.42 Å². The van der Waals surface area contributed by atoms with Crippen molar-refractivity contribution in [2.24, 2.45) is 0 Å². The van der Waals surface area contributed by atoms with Gasteiger partial charge in [-0.15, -0.1) is 0 Å². The summed E-state index contributed by atoms with van der Waals surface area (Å²) >= 11 is 0. The van der Waals surface area contributed by atoms with Crippen molar-refractivity contribution in [3.8, 4) is 11.5 Å². The minimum absolute atomic E-state index is 0.0345. The Morgan fingerprint density at radius 3 is 2.32 bits per heavy atom. The number of carbonyl (C=O) groups excluding carboxylic acids is 1. The summed E-state index contributed by atoms with van der Waals surface area (Å²) in [5.74, 6) is 1.88. The van der Waals surface area contributed by atoms with E-state index in [4.69, 9.17) is 9.47 Å². The maximum atomic E-state index is 13.8. The van der Waals surface area contributed by atoms with Crippen LogP contribution in [0.3, 0.4) is 0 Å². The van der Waals surface area contributed by atoms with Gasteiger partial charge in [-0.2, -0.15) is 0 Å². The van der Waals surface area contributed by atoms with E-state index in [1.54, 1.807) is 7.11 Å². The van der Waals surface area contributed by atoms with Gasteiger partial charge in [-0.1, -0.05) is 42.5 Å². The second-order valence-electron chi connectivity index (χ2n) is 9.15. The lowest BCUT2D eigenvalue weighted by Gasteiger charge is -2.30. The highest BCUT2D eigenvalue weighted by molar-refractivity contribution is 6.01. The molecule has 5 nitrogen and oxygen atoms in total. The molecule has 0 saturated heterocycles. The van der Waals surface area contributed by atoms with Crippen LogP contribution in [-0.4, -0.2) is 19.0 Å². The first kappa shape index (κ1) is 22.1. The van der Waals surface area contributed by atoms with Gasteiger partial charge in [0.2, 0.25) is 0 Å². The zero-order chi connectivity index (χ0) is 23.7. The third-order valence-electron chi connectivity index (χ3n) is 6.49. The molecule has 2 N–H and O–H groups in total. The van der Waals surface area contributed by atoms with E-state index < -0.39 is 0 Å². The van der Waals surface area contributed by atoms with Crippen LogP contribution in [0.1, 0.15) is 49.8 Å². The second kappa shape index (κ2) is 9.26. The number of ketones is 1. The van der Waals surface area contributed by atoms with E-state index in [2.05, 4.69) is 28.8 Å². The number of fused-ring (bicyclic) bond motifs is 1. The number of hydrogen-bond donors (Lipinski definition) is 2. The van der Waals surface area contributed by atoms with Gasteiger partial charge in [0.15, 0.2) is 5.78 Å². The maximum absolute atomic E-state index is 13.8. The maximum Gasteiger partial charge on any atom is 0.163 e. The third kappa shape index (κ3) is 4.26. The van der Waals surface area contributed by atoms with Crippen LogP contribution in [0.15, 0.2) is 84.1 Å². The number of hydrogen-bond acceptors (Lipinski definition) is 5. The number of ether oxygens (including phenoxy) is 2. The Balaban J connectivity index is 1.59. The Bertz CT molecular complexity index is 1230. The van der Waals surface area contributed by atoms with Crippen LogP contribution in [0.5, 0.6) is 11.5 Å². The average Bonchev–Trinajstić information content (AvgIpc) is 3.01. The third-order valence-corrected chi connectivity index (χ3v) is 6.49. The number of carbonyl (C=O) groups is 1. The molecule has 34 heavy (non-hydrogen) atoms. The molecule has 1 heterocycles. The van der Waals surface area contributed by atoms with Gasteiger partial charge in [0, 0.05) is 23.3 Å². The summed E-state index contributed by atoms with van der Waals surface area (Å²) in [6.45, 7) is 4.04. The van der Waals surface area contributed by atoms with Gasteiger partial charge in [-0.25, -0.2) is 0 Å². The van der Waals surface area contributed by atoms with Crippen LogP contribution in [0.25, 0.3) is 0 Å². The fraction of sp³-hybridized carbons (Fsp3) is 0.276. The number of allylic oxidation sites excluding steroid dienone is 1. The molecule has 2 unspecified atom stereocenters. The van der Waals surface area contributed by atoms with Crippen LogP contribution in [-0.2, 0) is 4.79 Å². The van der Waals surface area contributed by atoms with E-state index >= 15 is 0 Å². The molecule has 174 valence electrons. The first-order valence-electron chi connectivity index (χ1n) is 11.8. The fourth-order valence-corrected chi connectivity index (χ4v) is 4.92. The first-order valence-corrected chi connectivity index (χ1v) is 11.8. The lowest BCUT2D eigenvalue weighted by molar-refractivity contribution is -0.116. The van der Waals surface area contributed by atoms with Crippen LogP contribution in [0, 0.1) is 0 Å². The lowest BCUT2D eigenvalue weighted by Crippen LogP contribution is -2.27. The number of benzene rings is 3. The van der Waals surface area contributed by atoms with Crippen molar-refractivity contribution in [3.05, 3.63) is 95.2 Å². The topological polar surface area (TPSA) is 59.6 Å². The van der Waals surface area contributed by atoms with Gasteiger partial charge >= 0.3 is 0 Å². The van der Waals surface area contributed by atoms with Crippen LogP contribution < -0.4 is 20.1 Å². The summed E-state index contributed by atoms with van der Waals surface area (Å²) in [5, 5.41) is 7.26. The largest absolute Gasteiger partial charge is 0.497 e. The minimum atomic E-state index is -0.301. The van der Waals surface area contributed by atoms with Gasteiger partial charge in [-0.3, -0.25) is 4.79 Å². The number of Topliss-reactive ketones (excluding diaryl/α,β-unsaturated/α-hetero) is 1. The van der Waals surface area contributed by atoms with Crippen molar-refractivity contribution in [1.29, 1.82) is 0 Å². The van der Waals surface area contributed by atoms with Crippen LogP contribution in [0.4, 0.5) is 11.4 Å². The normalized spacial score (nSPS) is 19.5. The molecule has 2 atom stereocenters. The number of para-hydroxylation sites is 3. The number of nitrogens with one attached hydrogen (secondary N) is 2. The molecule has 1 aliphatic carbocycles. The van der Waals surface area contributed by atoms with Crippen LogP contribution >= 0.6 is 0 Å². The number of methoxy groups -OCH3 is 1. The zero-order valence-corrected chi connectivity index (χ0v) is 19.8. The molecule has 0 amide bonds. The lowest BCUT2D eigenvalue weighted by atomic mass is 9.78. The van der Waals surface area contributed by atoms with Crippen molar-refractivity contribution in [1.82, 2.24) is 0 Å². The standard InChI is InChI=1S/C29H30N2O3/c1-18(2)34-27-11-7-4-8-22(27)29-28-25(30-23-9-5-6-10-24(23)31-29)16-20(17-26(28)32)19-12-14-21(33-3)15-13-19/h4-15,18,20,29-31H,16-17H2,1-3H3. The molecule has 0 bridgehead atoms. The summed E-state index contributed by atoms with van der Waals surface area (Å²) < 4.78 is 11.5. The first-order chi connectivity index (χ1) is 16.5. The molecule has 5 rings (SSSR count). The Labute approximate surface area is 200 Å². The molecule has 5 heteroatoms. The molecule has 0 fully saturated rings. The molecule has 0 radical (unpaired) electrons. The highest BCUT2D eigenvalue weighted by atomic mass is 16.5. The molecule has 1 aliphatic heterocycles. The zero-order valence-electron chi connectivity index (χ0n) is 19.8. The Kier molecular flexibility index (Phi) is 6.01. The van der Waals surface area contributed by atoms with E-state index in [9.17, 15) is 4.79 Å². The van der Waals surface area contributed by atoms with Crippen molar-refractivity contribution in [2.75, 3.05) is 17.7 Å². The summed E-state index contributed by atoms with van der Waals surface area (Å²) in [6, 6.07) is 23.9. The van der Waals surface area contributed by atoms with Crippen molar-refractivity contribution in [3.63, 3.8) is 0 Å². The summed E-state index contributed by atoms with van der Waals surface area (Å²) in [5.41, 5.74) is 5.82. The number of anilines is 2. The van der Waals surface area contributed by atoms with Gasteiger partial charge < -0.3 is 20.1 Å². The number of rotatable bonds is 5. The predicted molar refractivity (Wildman–Crippen MR) is 136 cm³/mol. The van der Waals surface area contributed by atoms with Crippen LogP contribution in [0.2, 0.25) is 0 Å². The molecule has 2 aliphatic rings. The Morgan fingerprint density at radius 1 is 0.882 bits per heavy atom. The van der Waals surface area contributed by atoms with Gasteiger partial charge in [0.1, 0.15) is 11.5 Å². The smallest absolute Gasteiger partial charge is 0.163 e. The molecule has 3 aromatic rings.